The molecule has 0 radical (unpaired) electrons. The van der Waals surface area contributed by atoms with E-state index in [2.05, 4.69) is 24.3 Å². The first-order valence-corrected chi connectivity index (χ1v) is 9.44. The average Bonchev–Trinajstić information content (AvgIpc) is 3.26. The molecule has 1 aliphatic carbocycles. The van der Waals surface area contributed by atoms with E-state index >= 15 is 0 Å². The van der Waals surface area contributed by atoms with Crippen LogP contribution in [0.4, 0.5) is 5.69 Å². The van der Waals surface area contributed by atoms with Gasteiger partial charge in [-0.2, -0.15) is 0 Å². The monoisotopic (exact) mass is 348 g/mol. The molecular weight excluding hydrogens is 324 g/mol. The van der Waals surface area contributed by atoms with Crippen LogP contribution in [-0.4, -0.2) is 35.8 Å². The summed E-state index contributed by atoms with van der Waals surface area (Å²) in [4.78, 5) is 28.7. The van der Waals surface area contributed by atoms with Crippen molar-refractivity contribution >= 4 is 17.5 Å². The number of likely N-dealkylation sites (tertiary alicyclic amines) is 1. The van der Waals surface area contributed by atoms with E-state index in [9.17, 15) is 9.59 Å². The smallest absolute Gasteiger partial charge is 0.229 e. The summed E-state index contributed by atoms with van der Waals surface area (Å²) in [5.74, 6) is 0.283. The quantitative estimate of drug-likeness (QED) is 0.832. The number of nitrogens with zero attached hydrogens (tertiary/aromatic N) is 2. The molecule has 0 atom stereocenters. The van der Waals surface area contributed by atoms with Crippen LogP contribution >= 0.6 is 0 Å². The molecule has 4 nitrogen and oxygen atoms in total. The van der Waals surface area contributed by atoms with Crippen LogP contribution < -0.4 is 4.90 Å². The topological polar surface area (TPSA) is 40.6 Å². The SMILES string of the molecule is O=C1CCCN1CCC(=O)N(c1ccccc1)C1Cc2ccccc2C1. The van der Waals surface area contributed by atoms with Gasteiger partial charge in [0.25, 0.3) is 0 Å². The van der Waals surface area contributed by atoms with Crippen molar-refractivity contribution in [3.63, 3.8) is 0 Å². The summed E-state index contributed by atoms with van der Waals surface area (Å²) in [7, 11) is 0. The van der Waals surface area contributed by atoms with Gasteiger partial charge >= 0.3 is 0 Å². The molecule has 2 aliphatic rings. The van der Waals surface area contributed by atoms with Crippen LogP contribution in [0.3, 0.4) is 0 Å². The summed E-state index contributed by atoms with van der Waals surface area (Å²) in [6, 6.07) is 18.5. The molecule has 1 heterocycles. The minimum absolute atomic E-state index is 0.105. The zero-order valence-electron chi connectivity index (χ0n) is 14.9. The molecule has 26 heavy (non-hydrogen) atoms. The van der Waals surface area contributed by atoms with E-state index < -0.39 is 0 Å². The van der Waals surface area contributed by atoms with E-state index in [1.807, 2.05) is 40.1 Å². The van der Waals surface area contributed by atoms with E-state index in [1.165, 1.54) is 11.1 Å². The van der Waals surface area contributed by atoms with Gasteiger partial charge in [-0.25, -0.2) is 0 Å². The Bertz CT molecular complexity index is 778. The van der Waals surface area contributed by atoms with Gasteiger partial charge < -0.3 is 9.80 Å². The number of hydrogen-bond acceptors (Lipinski definition) is 2. The molecule has 2 amide bonds. The van der Waals surface area contributed by atoms with Crippen LogP contribution in [0.15, 0.2) is 54.6 Å². The maximum atomic E-state index is 13.1. The van der Waals surface area contributed by atoms with E-state index in [0.29, 0.717) is 19.4 Å². The lowest BCUT2D eigenvalue weighted by Crippen LogP contribution is -2.42. The summed E-state index contributed by atoms with van der Waals surface area (Å²) in [5, 5.41) is 0. The molecule has 1 aliphatic heterocycles. The maximum absolute atomic E-state index is 13.1. The summed E-state index contributed by atoms with van der Waals surface area (Å²) >= 11 is 0. The minimum atomic E-state index is 0.105. The van der Waals surface area contributed by atoms with Gasteiger partial charge in [-0.3, -0.25) is 9.59 Å². The highest BCUT2D eigenvalue weighted by Gasteiger charge is 2.31. The van der Waals surface area contributed by atoms with Crippen molar-refractivity contribution in [1.82, 2.24) is 4.90 Å². The lowest BCUT2D eigenvalue weighted by Gasteiger charge is -2.30. The molecular formula is C22H24N2O2. The van der Waals surface area contributed by atoms with Crippen LogP contribution in [0.25, 0.3) is 0 Å². The molecule has 0 N–H and O–H groups in total. The minimum Gasteiger partial charge on any atom is -0.342 e. The number of benzene rings is 2. The number of carbonyl (C=O) groups is 2. The molecule has 134 valence electrons. The van der Waals surface area contributed by atoms with Crippen molar-refractivity contribution in [3.8, 4) is 0 Å². The van der Waals surface area contributed by atoms with Crippen LogP contribution in [-0.2, 0) is 22.4 Å². The second kappa shape index (κ2) is 7.32. The average molecular weight is 348 g/mol. The summed E-state index contributed by atoms with van der Waals surface area (Å²) in [6.45, 7) is 1.31. The van der Waals surface area contributed by atoms with Crippen molar-refractivity contribution in [2.45, 2.75) is 38.1 Å². The van der Waals surface area contributed by atoms with Crippen LogP contribution in [0, 0.1) is 0 Å². The highest BCUT2D eigenvalue weighted by molar-refractivity contribution is 5.94. The Morgan fingerprint density at radius 3 is 2.27 bits per heavy atom. The first-order valence-electron chi connectivity index (χ1n) is 9.44. The van der Waals surface area contributed by atoms with E-state index in [-0.39, 0.29) is 17.9 Å². The summed E-state index contributed by atoms with van der Waals surface area (Å²) in [6.07, 6.45) is 3.69. The Morgan fingerprint density at radius 2 is 1.65 bits per heavy atom. The molecule has 2 aromatic carbocycles. The third kappa shape index (κ3) is 3.36. The third-order valence-corrected chi connectivity index (χ3v) is 5.46. The van der Waals surface area contributed by atoms with Crippen molar-refractivity contribution < 1.29 is 9.59 Å². The molecule has 2 aromatic rings. The zero-order valence-corrected chi connectivity index (χ0v) is 14.9. The van der Waals surface area contributed by atoms with Gasteiger partial charge in [-0.15, -0.1) is 0 Å². The maximum Gasteiger partial charge on any atom is 0.229 e. The number of anilines is 1. The summed E-state index contributed by atoms with van der Waals surface area (Å²) < 4.78 is 0. The van der Waals surface area contributed by atoms with Gasteiger partial charge in [0, 0.05) is 37.7 Å². The molecule has 0 aromatic heterocycles. The lowest BCUT2D eigenvalue weighted by molar-refractivity contribution is -0.128. The third-order valence-electron chi connectivity index (χ3n) is 5.46. The van der Waals surface area contributed by atoms with Gasteiger partial charge in [-0.1, -0.05) is 42.5 Å². The van der Waals surface area contributed by atoms with E-state index in [1.54, 1.807) is 0 Å². The van der Waals surface area contributed by atoms with Crippen LogP contribution in [0.2, 0.25) is 0 Å². The Morgan fingerprint density at radius 1 is 1.00 bits per heavy atom. The number of amides is 2. The number of fused-ring (bicyclic) bond motifs is 1. The normalized spacial score (nSPS) is 16.8. The Balaban J connectivity index is 1.52. The zero-order chi connectivity index (χ0) is 17.9. The fraction of sp³-hybridized carbons (Fsp3) is 0.364. The second-order valence-electron chi connectivity index (χ2n) is 7.16. The first kappa shape index (κ1) is 16.8. The van der Waals surface area contributed by atoms with Crippen molar-refractivity contribution in [1.29, 1.82) is 0 Å². The van der Waals surface area contributed by atoms with Crippen molar-refractivity contribution in [3.05, 3.63) is 65.7 Å². The lowest BCUT2D eigenvalue weighted by atomic mass is 10.1. The predicted octanol–water partition coefficient (Wildman–Crippen LogP) is 3.20. The predicted molar refractivity (Wildman–Crippen MR) is 102 cm³/mol. The van der Waals surface area contributed by atoms with E-state index in [4.69, 9.17) is 0 Å². The fourth-order valence-electron chi connectivity index (χ4n) is 4.16. The van der Waals surface area contributed by atoms with Gasteiger partial charge in [-0.05, 0) is 42.5 Å². The molecule has 1 fully saturated rings. The highest BCUT2D eigenvalue weighted by Crippen LogP contribution is 2.29. The number of rotatable bonds is 5. The van der Waals surface area contributed by atoms with Crippen LogP contribution in [0.5, 0.6) is 0 Å². The Kier molecular flexibility index (Phi) is 4.74. The molecule has 1 saturated heterocycles. The number of hydrogen-bond donors (Lipinski definition) is 0. The van der Waals surface area contributed by atoms with Crippen LogP contribution in [0.1, 0.15) is 30.4 Å². The van der Waals surface area contributed by atoms with Gasteiger partial charge in [0.05, 0.1) is 0 Å². The van der Waals surface area contributed by atoms with Crippen molar-refractivity contribution in [2.24, 2.45) is 0 Å². The molecule has 0 bridgehead atoms. The van der Waals surface area contributed by atoms with E-state index in [0.717, 1.165) is 31.5 Å². The Labute approximate surface area is 154 Å². The molecule has 4 rings (SSSR count). The second-order valence-corrected chi connectivity index (χ2v) is 7.16. The fourth-order valence-corrected chi connectivity index (χ4v) is 4.16. The standard InChI is InChI=1S/C22H24N2O2/c25-21-11-6-13-23(21)14-12-22(26)24(19-9-2-1-3-10-19)20-15-17-7-4-5-8-18(17)16-20/h1-5,7-10,20H,6,11-16H2. The first-order chi connectivity index (χ1) is 12.7. The van der Waals surface area contributed by atoms with Gasteiger partial charge in [0.15, 0.2) is 0 Å². The van der Waals surface area contributed by atoms with Crippen molar-refractivity contribution in [2.75, 3.05) is 18.0 Å². The molecule has 0 saturated carbocycles. The largest absolute Gasteiger partial charge is 0.342 e. The Hall–Kier alpha value is -2.62. The molecule has 4 heteroatoms. The summed E-state index contributed by atoms with van der Waals surface area (Å²) in [5.41, 5.74) is 3.62. The number of para-hydroxylation sites is 1. The highest BCUT2D eigenvalue weighted by atomic mass is 16.2. The van der Waals surface area contributed by atoms with Gasteiger partial charge in [0.2, 0.25) is 11.8 Å². The molecule has 0 unspecified atom stereocenters. The van der Waals surface area contributed by atoms with Gasteiger partial charge in [0.1, 0.15) is 0 Å². The molecule has 0 spiro atoms. The number of carbonyl (C=O) groups excluding carboxylic acids is 2.